The van der Waals surface area contributed by atoms with Crippen molar-refractivity contribution in [1.29, 1.82) is 0 Å². The lowest BCUT2D eigenvalue weighted by atomic mass is 10.2. The molecule has 0 fully saturated rings. The number of rotatable bonds is 6. The van der Waals surface area contributed by atoms with E-state index in [0.29, 0.717) is 24.1 Å². The third-order valence-corrected chi connectivity index (χ3v) is 4.58. The molecule has 0 saturated heterocycles. The first-order chi connectivity index (χ1) is 13.9. The Hall–Kier alpha value is -3.48. The normalized spacial score (nSPS) is 11.8. The van der Waals surface area contributed by atoms with Crippen LogP contribution in [-0.2, 0) is 22.6 Å². The maximum absolute atomic E-state index is 12.8. The summed E-state index contributed by atoms with van der Waals surface area (Å²) < 4.78 is 6.98. The number of aryl methyl sites for hydroxylation is 2. The number of nitrogens with zero attached hydrogens (tertiary/aromatic N) is 2. The predicted octanol–water partition coefficient (Wildman–Crippen LogP) is 2.59. The van der Waals surface area contributed by atoms with Crippen molar-refractivity contribution in [3.63, 3.8) is 0 Å². The summed E-state index contributed by atoms with van der Waals surface area (Å²) in [7, 11) is 0. The fraction of sp³-hybridized carbons (Fsp3) is 0.273. The standard InChI is InChI=1S/C22H23N3O4/c1-4-25-13-18(19(26)17-11-10-14(2)24-20(17)25)22(28)29-15(3)21(27)23-12-16-8-6-5-7-9-16/h5-11,13,15H,4,12H2,1-3H3,(H,23,27)/t15-/m0/s1. The minimum absolute atomic E-state index is 0.118. The number of esters is 1. The molecule has 1 amide bonds. The molecular formula is C22H23N3O4. The summed E-state index contributed by atoms with van der Waals surface area (Å²) in [6.07, 6.45) is 0.404. The van der Waals surface area contributed by atoms with Crippen LogP contribution in [0.3, 0.4) is 0 Å². The molecule has 0 aliphatic carbocycles. The number of fused-ring (bicyclic) bond motifs is 1. The van der Waals surface area contributed by atoms with Crippen LogP contribution in [0.4, 0.5) is 0 Å². The Bertz CT molecular complexity index is 1110. The van der Waals surface area contributed by atoms with Gasteiger partial charge in [-0.25, -0.2) is 9.78 Å². The smallest absolute Gasteiger partial charge is 0.344 e. The Morgan fingerprint density at radius 2 is 1.90 bits per heavy atom. The first kappa shape index (κ1) is 20.3. The van der Waals surface area contributed by atoms with E-state index in [0.717, 1.165) is 11.3 Å². The van der Waals surface area contributed by atoms with Gasteiger partial charge in [0.15, 0.2) is 6.10 Å². The fourth-order valence-corrected chi connectivity index (χ4v) is 2.95. The van der Waals surface area contributed by atoms with Crippen LogP contribution < -0.4 is 10.7 Å². The van der Waals surface area contributed by atoms with E-state index in [9.17, 15) is 14.4 Å². The van der Waals surface area contributed by atoms with Crippen LogP contribution >= 0.6 is 0 Å². The second-order valence-corrected chi connectivity index (χ2v) is 6.73. The molecule has 7 heteroatoms. The van der Waals surface area contributed by atoms with E-state index < -0.39 is 23.4 Å². The lowest BCUT2D eigenvalue weighted by Crippen LogP contribution is -2.36. The summed E-state index contributed by atoms with van der Waals surface area (Å²) in [6.45, 7) is 6.05. The SMILES string of the molecule is CCn1cc(C(=O)O[C@@H](C)C(=O)NCc2ccccc2)c(=O)c2ccc(C)nc21. The van der Waals surface area contributed by atoms with Gasteiger partial charge in [0.1, 0.15) is 11.2 Å². The largest absolute Gasteiger partial charge is 0.449 e. The molecular weight excluding hydrogens is 370 g/mol. The first-order valence-corrected chi connectivity index (χ1v) is 9.44. The van der Waals surface area contributed by atoms with Crippen molar-refractivity contribution >= 4 is 22.9 Å². The average Bonchev–Trinajstić information content (AvgIpc) is 2.72. The van der Waals surface area contributed by atoms with E-state index >= 15 is 0 Å². The fourth-order valence-electron chi connectivity index (χ4n) is 2.95. The van der Waals surface area contributed by atoms with E-state index in [1.54, 1.807) is 16.7 Å². The Morgan fingerprint density at radius 1 is 1.17 bits per heavy atom. The van der Waals surface area contributed by atoms with Gasteiger partial charge in [-0.3, -0.25) is 9.59 Å². The zero-order valence-corrected chi connectivity index (χ0v) is 16.6. The van der Waals surface area contributed by atoms with E-state index in [1.807, 2.05) is 44.2 Å². The van der Waals surface area contributed by atoms with Gasteiger partial charge in [0, 0.05) is 25.0 Å². The molecule has 2 heterocycles. The summed E-state index contributed by atoms with van der Waals surface area (Å²) in [5, 5.41) is 3.06. The molecule has 0 bridgehead atoms. The highest BCUT2D eigenvalue weighted by Gasteiger charge is 2.22. The number of amides is 1. The van der Waals surface area contributed by atoms with E-state index in [4.69, 9.17) is 4.74 Å². The van der Waals surface area contributed by atoms with Crippen molar-refractivity contribution in [3.05, 3.63) is 75.7 Å². The minimum atomic E-state index is -1.03. The number of carbonyl (C=O) groups is 2. The van der Waals surface area contributed by atoms with Gasteiger partial charge in [0.2, 0.25) is 5.43 Å². The van der Waals surface area contributed by atoms with Gasteiger partial charge < -0.3 is 14.6 Å². The van der Waals surface area contributed by atoms with Crippen molar-refractivity contribution < 1.29 is 14.3 Å². The highest BCUT2D eigenvalue weighted by Crippen LogP contribution is 2.12. The topological polar surface area (TPSA) is 90.3 Å². The third-order valence-electron chi connectivity index (χ3n) is 4.58. The van der Waals surface area contributed by atoms with Crippen molar-refractivity contribution in [2.24, 2.45) is 0 Å². The summed E-state index contributed by atoms with van der Waals surface area (Å²) in [5.41, 5.74) is 1.65. The lowest BCUT2D eigenvalue weighted by molar-refractivity contribution is -0.129. The third kappa shape index (κ3) is 4.51. The number of carbonyl (C=O) groups excluding carboxylic acids is 2. The van der Waals surface area contributed by atoms with Gasteiger partial charge in [0.25, 0.3) is 5.91 Å². The molecule has 1 aromatic carbocycles. The van der Waals surface area contributed by atoms with E-state index in [-0.39, 0.29) is 5.56 Å². The van der Waals surface area contributed by atoms with Crippen LogP contribution in [0.5, 0.6) is 0 Å². The van der Waals surface area contributed by atoms with Crippen molar-refractivity contribution in [2.75, 3.05) is 0 Å². The quantitative estimate of drug-likeness (QED) is 0.650. The number of hydrogen-bond donors (Lipinski definition) is 1. The molecule has 0 saturated carbocycles. The van der Waals surface area contributed by atoms with Gasteiger partial charge >= 0.3 is 5.97 Å². The second-order valence-electron chi connectivity index (χ2n) is 6.73. The molecule has 1 atom stereocenters. The molecule has 2 aromatic heterocycles. The van der Waals surface area contributed by atoms with Crippen LogP contribution in [0, 0.1) is 6.92 Å². The Balaban J connectivity index is 1.77. The maximum Gasteiger partial charge on any atom is 0.344 e. The number of hydrogen-bond acceptors (Lipinski definition) is 5. The molecule has 1 N–H and O–H groups in total. The lowest BCUT2D eigenvalue weighted by Gasteiger charge is -2.15. The van der Waals surface area contributed by atoms with Crippen molar-refractivity contribution in [3.8, 4) is 0 Å². The van der Waals surface area contributed by atoms with Gasteiger partial charge in [-0.15, -0.1) is 0 Å². The van der Waals surface area contributed by atoms with Crippen LogP contribution in [0.2, 0.25) is 0 Å². The van der Waals surface area contributed by atoms with Crippen LogP contribution in [0.15, 0.2) is 53.5 Å². The van der Waals surface area contributed by atoms with Gasteiger partial charge in [-0.2, -0.15) is 0 Å². The number of aromatic nitrogens is 2. The first-order valence-electron chi connectivity index (χ1n) is 9.44. The summed E-state index contributed by atoms with van der Waals surface area (Å²) >= 11 is 0. The number of ether oxygens (including phenoxy) is 1. The Morgan fingerprint density at radius 3 is 2.59 bits per heavy atom. The zero-order valence-electron chi connectivity index (χ0n) is 16.6. The second kappa shape index (κ2) is 8.68. The highest BCUT2D eigenvalue weighted by atomic mass is 16.5. The Kier molecular flexibility index (Phi) is 6.07. The number of benzene rings is 1. The molecule has 7 nitrogen and oxygen atoms in total. The molecule has 0 aliphatic rings. The predicted molar refractivity (Wildman–Crippen MR) is 110 cm³/mol. The van der Waals surface area contributed by atoms with Gasteiger partial charge in [-0.1, -0.05) is 30.3 Å². The van der Waals surface area contributed by atoms with Gasteiger partial charge in [0.05, 0.1) is 5.39 Å². The summed E-state index contributed by atoms with van der Waals surface area (Å²) in [5.74, 6) is -1.27. The number of nitrogens with one attached hydrogen (secondary N) is 1. The maximum atomic E-state index is 12.8. The van der Waals surface area contributed by atoms with Crippen LogP contribution in [-0.4, -0.2) is 27.5 Å². The van der Waals surface area contributed by atoms with Gasteiger partial charge in [-0.05, 0) is 38.5 Å². The summed E-state index contributed by atoms with van der Waals surface area (Å²) in [6, 6.07) is 12.8. The molecule has 3 aromatic rings. The monoisotopic (exact) mass is 393 g/mol. The van der Waals surface area contributed by atoms with Crippen molar-refractivity contribution in [1.82, 2.24) is 14.9 Å². The zero-order chi connectivity index (χ0) is 21.0. The molecule has 0 unspecified atom stereocenters. The Labute approximate surface area is 168 Å². The minimum Gasteiger partial charge on any atom is -0.449 e. The highest BCUT2D eigenvalue weighted by molar-refractivity contribution is 5.94. The molecule has 0 radical (unpaired) electrons. The average molecular weight is 393 g/mol. The molecule has 29 heavy (non-hydrogen) atoms. The van der Waals surface area contributed by atoms with Crippen molar-refractivity contribution in [2.45, 2.75) is 40.0 Å². The molecule has 150 valence electrons. The summed E-state index contributed by atoms with van der Waals surface area (Å²) in [4.78, 5) is 42.0. The van der Waals surface area contributed by atoms with Crippen LogP contribution in [0.25, 0.3) is 11.0 Å². The molecule has 0 aliphatic heterocycles. The number of pyridine rings is 2. The molecule has 0 spiro atoms. The molecule has 3 rings (SSSR count). The van der Waals surface area contributed by atoms with Crippen LogP contribution in [0.1, 0.15) is 35.5 Å². The van der Waals surface area contributed by atoms with E-state index in [1.165, 1.54) is 13.1 Å². The van der Waals surface area contributed by atoms with E-state index in [2.05, 4.69) is 10.3 Å².